The van der Waals surface area contributed by atoms with Gasteiger partial charge in [-0.3, -0.25) is 9.59 Å². The molecule has 0 aromatic rings. The highest BCUT2D eigenvalue weighted by Gasteiger charge is 2.28. The summed E-state index contributed by atoms with van der Waals surface area (Å²) in [7, 11) is 0. The highest BCUT2D eigenvalue weighted by Crippen LogP contribution is 2.30. The van der Waals surface area contributed by atoms with Gasteiger partial charge in [-0.25, -0.2) is 0 Å². The molecular formula is C14H25N3O2. The second-order valence-corrected chi connectivity index (χ2v) is 5.86. The van der Waals surface area contributed by atoms with E-state index in [1.54, 1.807) is 0 Å². The SMILES string of the molecule is NCCC1CCCC(C(=O)NCC2CCC(=O)N2)C1. The number of carbonyl (C=O) groups excluding carboxylic acids is 2. The lowest BCUT2D eigenvalue weighted by atomic mass is 9.79. The molecule has 0 radical (unpaired) electrons. The molecule has 5 nitrogen and oxygen atoms in total. The lowest BCUT2D eigenvalue weighted by molar-refractivity contribution is -0.126. The quantitative estimate of drug-likeness (QED) is 0.679. The van der Waals surface area contributed by atoms with Gasteiger partial charge in [-0.1, -0.05) is 12.8 Å². The Morgan fingerprint density at radius 1 is 1.37 bits per heavy atom. The zero-order valence-corrected chi connectivity index (χ0v) is 11.5. The average Bonchev–Trinajstić information content (AvgIpc) is 2.82. The second kappa shape index (κ2) is 6.89. The predicted molar refractivity (Wildman–Crippen MR) is 73.3 cm³/mol. The molecule has 1 saturated heterocycles. The number of nitrogens with one attached hydrogen (secondary N) is 2. The molecular weight excluding hydrogens is 242 g/mol. The molecule has 4 N–H and O–H groups in total. The van der Waals surface area contributed by atoms with Gasteiger partial charge in [0.1, 0.15) is 0 Å². The van der Waals surface area contributed by atoms with Gasteiger partial charge in [0, 0.05) is 24.9 Å². The van der Waals surface area contributed by atoms with Gasteiger partial charge >= 0.3 is 0 Å². The molecule has 0 spiro atoms. The fourth-order valence-electron chi connectivity index (χ4n) is 3.23. The van der Waals surface area contributed by atoms with Crippen molar-refractivity contribution in [2.24, 2.45) is 17.6 Å². The summed E-state index contributed by atoms with van der Waals surface area (Å²) in [5, 5.41) is 5.86. The topological polar surface area (TPSA) is 84.2 Å². The van der Waals surface area contributed by atoms with Crippen molar-refractivity contribution in [2.45, 2.75) is 51.0 Å². The van der Waals surface area contributed by atoms with Crippen LogP contribution in [-0.2, 0) is 9.59 Å². The number of rotatable bonds is 5. The Labute approximate surface area is 114 Å². The van der Waals surface area contributed by atoms with Crippen molar-refractivity contribution in [2.75, 3.05) is 13.1 Å². The maximum absolute atomic E-state index is 12.1. The molecule has 1 heterocycles. The minimum absolute atomic E-state index is 0.0972. The lowest BCUT2D eigenvalue weighted by Gasteiger charge is -2.28. The smallest absolute Gasteiger partial charge is 0.223 e. The van der Waals surface area contributed by atoms with Crippen molar-refractivity contribution in [3.63, 3.8) is 0 Å². The van der Waals surface area contributed by atoms with Gasteiger partial charge in [-0.15, -0.1) is 0 Å². The van der Waals surface area contributed by atoms with Crippen LogP contribution in [0, 0.1) is 11.8 Å². The van der Waals surface area contributed by atoms with Gasteiger partial charge in [-0.05, 0) is 38.1 Å². The van der Waals surface area contributed by atoms with Crippen LogP contribution in [0.1, 0.15) is 44.9 Å². The minimum Gasteiger partial charge on any atom is -0.354 e. The summed E-state index contributed by atoms with van der Waals surface area (Å²) in [5.41, 5.74) is 5.59. The zero-order valence-electron chi connectivity index (χ0n) is 11.5. The van der Waals surface area contributed by atoms with Crippen molar-refractivity contribution in [1.82, 2.24) is 10.6 Å². The number of hydrogen-bond acceptors (Lipinski definition) is 3. The molecule has 2 fully saturated rings. The minimum atomic E-state index is 0.0972. The first-order chi connectivity index (χ1) is 9.19. The first-order valence-electron chi connectivity index (χ1n) is 7.46. The van der Waals surface area contributed by atoms with E-state index in [4.69, 9.17) is 5.73 Å². The third kappa shape index (κ3) is 4.20. The van der Waals surface area contributed by atoms with E-state index in [1.165, 1.54) is 6.42 Å². The first-order valence-corrected chi connectivity index (χ1v) is 7.46. The van der Waals surface area contributed by atoms with Crippen molar-refractivity contribution in [3.8, 4) is 0 Å². The van der Waals surface area contributed by atoms with E-state index in [0.29, 0.717) is 25.4 Å². The summed E-state index contributed by atoms with van der Waals surface area (Å²) in [4.78, 5) is 23.2. The Bertz CT molecular complexity index is 331. The summed E-state index contributed by atoms with van der Waals surface area (Å²) in [6.07, 6.45) is 6.75. The Hall–Kier alpha value is -1.10. The van der Waals surface area contributed by atoms with Crippen LogP contribution in [0.3, 0.4) is 0 Å². The largest absolute Gasteiger partial charge is 0.354 e. The zero-order chi connectivity index (χ0) is 13.7. The van der Waals surface area contributed by atoms with Crippen LogP contribution in [-0.4, -0.2) is 30.9 Å². The fraction of sp³-hybridized carbons (Fsp3) is 0.857. The molecule has 2 aliphatic rings. The Morgan fingerprint density at radius 2 is 2.21 bits per heavy atom. The molecule has 108 valence electrons. The summed E-state index contributed by atoms with van der Waals surface area (Å²) in [6.45, 7) is 1.29. The van der Waals surface area contributed by atoms with Crippen LogP contribution >= 0.6 is 0 Å². The van der Waals surface area contributed by atoms with Crippen LogP contribution in [0.15, 0.2) is 0 Å². The second-order valence-electron chi connectivity index (χ2n) is 5.86. The first kappa shape index (κ1) is 14.3. The fourth-order valence-corrected chi connectivity index (χ4v) is 3.23. The molecule has 0 aromatic carbocycles. The molecule has 2 amide bonds. The highest BCUT2D eigenvalue weighted by molar-refractivity contribution is 5.80. The number of carbonyl (C=O) groups is 2. The van der Waals surface area contributed by atoms with E-state index in [2.05, 4.69) is 10.6 Å². The molecule has 3 unspecified atom stereocenters. The van der Waals surface area contributed by atoms with Gasteiger partial charge in [0.05, 0.1) is 0 Å². The van der Waals surface area contributed by atoms with Gasteiger partial charge in [-0.2, -0.15) is 0 Å². The molecule has 3 atom stereocenters. The summed E-state index contributed by atoms with van der Waals surface area (Å²) < 4.78 is 0. The van der Waals surface area contributed by atoms with E-state index < -0.39 is 0 Å². The summed E-state index contributed by atoms with van der Waals surface area (Å²) in [6, 6.07) is 0.125. The maximum Gasteiger partial charge on any atom is 0.223 e. The third-order valence-corrected chi connectivity index (χ3v) is 4.34. The summed E-state index contributed by atoms with van der Waals surface area (Å²) in [5.74, 6) is 1.01. The van der Waals surface area contributed by atoms with Crippen LogP contribution in [0.5, 0.6) is 0 Å². The Kier molecular flexibility index (Phi) is 5.19. The van der Waals surface area contributed by atoms with Crippen molar-refractivity contribution < 1.29 is 9.59 Å². The van der Waals surface area contributed by atoms with Gasteiger partial charge in [0.25, 0.3) is 0 Å². The standard InChI is InChI=1S/C14H25N3O2/c15-7-6-10-2-1-3-11(8-10)14(19)16-9-12-4-5-13(18)17-12/h10-12H,1-9,15H2,(H,16,19)(H,17,18). The van der Waals surface area contributed by atoms with Crippen molar-refractivity contribution >= 4 is 11.8 Å². The van der Waals surface area contributed by atoms with E-state index >= 15 is 0 Å². The number of hydrogen-bond donors (Lipinski definition) is 3. The molecule has 1 aliphatic carbocycles. The third-order valence-electron chi connectivity index (χ3n) is 4.34. The average molecular weight is 267 g/mol. The van der Waals surface area contributed by atoms with E-state index in [9.17, 15) is 9.59 Å². The molecule has 0 aromatic heterocycles. The maximum atomic E-state index is 12.1. The van der Waals surface area contributed by atoms with Gasteiger partial charge in [0.2, 0.25) is 11.8 Å². The van der Waals surface area contributed by atoms with E-state index in [0.717, 1.165) is 32.1 Å². The van der Waals surface area contributed by atoms with Crippen LogP contribution in [0.4, 0.5) is 0 Å². The molecule has 5 heteroatoms. The van der Waals surface area contributed by atoms with Crippen molar-refractivity contribution in [1.29, 1.82) is 0 Å². The Morgan fingerprint density at radius 3 is 2.89 bits per heavy atom. The number of amides is 2. The normalized spacial score (nSPS) is 31.0. The molecule has 0 bridgehead atoms. The van der Waals surface area contributed by atoms with Gasteiger partial charge in [0.15, 0.2) is 0 Å². The van der Waals surface area contributed by atoms with Gasteiger partial charge < -0.3 is 16.4 Å². The van der Waals surface area contributed by atoms with E-state index in [-0.39, 0.29) is 23.8 Å². The van der Waals surface area contributed by atoms with Crippen molar-refractivity contribution in [3.05, 3.63) is 0 Å². The highest BCUT2D eigenvalue weighted by atomic mass is 16.2. The molecule has 1 saturated carbocycles. The molecule has 2 rings (SSSR count). The lowest BCUT2D eigenvalue weighted by Crippen LogP contribution is -2.41. The Balaban J connectivity index is 1.71. The van der Waals surface area contributed by atoms with Crippen LogP contribution < -0.4 is 16.4 Å². The summed E-state index contributed by atoms with van der Waals surface area (Å²) >= 11 is 0. The molecule has 1 aliphatic heterocycles. The van der Waals surface area contributed by atoms with E-state index in [1.807, 2.05) is 0 Å². The monoisotopic (exact) mass is 267 g/mol. The predicted octanol–water partition coefficient (Wildman–Crippen LogP) is 0.536. The van der Waals surface area contributed by atoms with Crippen LogP contribution in [0.2, 0.25) is 0 Å². The van der Waals surface area contributed by atoms with Crippen LogP contribution in [0.25, 0.3) is 0 Å². The number of nitrogens with two attached hydrogens (primary N) is 1. The molecule has 19 heavy (non-hydrogen) atoms.